The van der Waals surface area contributed by atoms with E-state index in [1.807, 2.05) is 6.07 Å². The molecule has 2 rings (SSSR count). The van der Waals surface area contributed by atoms with Crippen LogP contribution < -0.4 is 10.6 Å². The molecule has 1 fully saturated rings. The largest absolute Gasteiger partial charge is 0.472 e. The quantitative estimate of drug-likeness (QED) is 0.716. The molecule has 2 N–H and O–H groups in total. The van der Waals surface area contributed by atoms with Gasteiger partial charge in [0.25, 0.3) is 0 Å². The molecule has 1 aliphatic carbocycles. The van der Waals surface area contributed by atoms with Crippen molar-refractivity contribution in [3.8, 4) is 0 Å². The summed E-state index contributed by atoms with van der Waals surface area (Å²) in [6.45, 7) is 0.441. The smallest absolute Gasteiger partial charge is 0.309 e. The van der Waals surface area contributed by atoms with E-state index in [1.165, 1.54) is 0 Å². The Labute approximate surface area is 93.2 Å². The fourth-order valence-corrected chi connectivity index (χ4v) is 1.31. The maximum Gasteiger partial charge on any atom is 0.309 e. The molecule has 1 aromatic rings. The van der Waals surface area contributed by atoms with Crippen molar-refractivity contribution in [2.24, 2.45) is 0 Å². The molecule has 0 unspecified atom stereocenters. The predicted molar refractivity (Wildman–Crippen MR) is 56.6 cm³/mol. The molecule has 5 nitrogen and oxygen atoms in total. The van der Waals surface area contributed by atoms with Gasteiger partial charge in [-0.1, -0.05) is 0 Å². The lowest BCUT2D eigenvalue weighted by Crippen LogP contribution is -2.41. The van der Waals surface area contributed by atoms with Crippen LogP contribution in [0.25, 0.3) is 0 Å². The SMILES string of the molecule is O=C(NCCc1ccoc1)C(=O)NC1CC1. The van der Waals surface area contributed by atoms with E-state index in [1.54, 1.807) is 12.5 Å². The van der Waals surface area contributed by atoms with E-state index < -0.39 is 11.8 Å². The normalized spacial score (nSPS) is 14.5. The number of hydrogen-bond donors (Lipinski definition) is 2. The molecule has 1 aliphatic rings. The molecule has 0 aromatic carbocycles. The van der Waals surface area contributed by atoms with Gasteiger partial charge in [-0.25, -0.2) is 0 Å². The second-order valence-electron chi connectivity index (χ2n) is 3.89. The molecule has 86 valence electrons. The first-order chi connectivity index (χ1) is 7.75. The minimum atomic E-state index is -0.560. The van der Waals surface area contributed by atoms with Gasteiger partial charge in [0.1, 0.15) is 0 Å². The Kier molecular flexibility index (Phi) is 3.24. The number of nitrogens with one attached hydrogen (secondary N) is 2. The topological polar surface area (TPSA) is 71.3 Å². The van der Waals surface area contributed by atoms with Crippen LogP contribution in [0.2, 0.25) is 0 Å². The molecular formula is C11H14N2O3. The maximum absolute atomic E-state index is 11.3. The summed E-state index contributed by atoms with van der Waals surface area (Å²) in [5.74, 6) is -1.09. The van der Waals surface area contributed by atoms with Crippen LogP contribution in [0.3, 0.4) is 0 Å². The molecule has 0 bridgehead atoms. The number of furan rings is 1. The maximum atomic E-state index is 11.3. The first kappa shape index (κ1) is 10.7. The molecule has 0 aliphatic heterocycles. The van der Waals surface area contributed by atoms with E-state index in [9.17, 15) is 9.59 Å². The van der Waals surface area contributed by atoms with E-state index >= 15 is 0 Å². The molecule has 1 aromatic heterocycles. The Hall–Kier alpha value is -1.78. The third kappa shape index (κ3) is 3.12. The average Bonchev–Trinajstić information content (AvgIpc) is 2.93. The molecule has 16 heavy (non-hydrogen) atoms. The fourth-order valence-electron chi connectivity index (χ4n) is 1.31. The van der Waals surface area contributed by atoms with Gasteiger partial charge in [0.15, 0.2) is 0 Å². The van der Waals surface area contributed by atoms with Crippen LogP contribution in [-0.4, -0.2) is 24.4 Å². The van der Waals surface area contributed by atoms with Gasteiger partial charge in [-0.2, -0.15) is 0 Å². The summed E-state index contributed by atoms with van der Waals surface area (Å²) in [6, 6.07) is 2.04. The monoisotopic (exact) mass is 222 g/mol. The van der Waals surface area contributed by atoms with Crippen molar-refractivity contribution in [2.45, 2.75) is 25.3 Å². The Bertz CT molecular complexity index is 369. The standard InChI is InChI=1S/C11H14N2O3/c14-10(11(15)13-9-1-2-9)12-5-3-8-4-6-16-7-8/h4,6-7,9H,1-3,5H2,(H,12,14)(H,13,15). The summed E-state index contributed by atoms with van der Waals surface area (Å²) in [5, 5.41) is 5.19. The van der Waals surface area contributed by atoms with E-state index in [4.69, 9.17) is 4.42 Å². The zero-order valence-corrected chi connectivity index (χ0v) is 8.86. The number of rotatable bonds is 4. The minimum absolute atomic E-state index is 0.215. The summed E-state index contributed by atoms with van der Waals surface area (Å²) in [6.07, 6.45) is 5.83. The lowest BCUT2D eigenvalue weighted by Gasteiger charge is -2.04. The van der Waals surface area contributed by atoms with Gasteiger partial charge < -0.3 is 15.1 Å². The van der Waals surface area contributed by atoms with Gasteiger partial charge in [-0.05, 0) is 30.9 Å². The van der Waals surface area contributed by atoms with Crippen molar-refractivity contribution >= 4 is 11.8 Å². The van der Waals surface area contributed by atoms with Gasteiger partial charge in [-0.15, -0.1) is 0 Å². The van der Waals surface area contributed by atoms with Crippen LogP contribution in [0.15, 0.2) is 23.0 Å². The Morgan fingerprint density at radius 2 is 2.19 bits per heavy atom. The highest BCUT2D eigenvalue weighted by Crippen LogP contribution is 2.18. The zero-order chi connectivity index (χ0) is 11.4. The van der Waals surface area contributed by atoms with Crippen LogP contribution in [0.5, 0.6) is 0 Å². The molecule has 2 amide bonds. The van der Waals surface area contributed by atoms with Crippen molar-refractivity contribution in [3.05, 3.63) is 24.2 Å². The van der Waals surface area contributed by atoms with Crippen LogP contribution >= 0.6 is 0 Å². The van der Waals surface area contributed by atoms with Crippen LogP contribution in [0, 0.1) is 0 Å². The molecule has 1 heterocycles. The third-order valence-electron chi connectivity index (χ3n) is 2.40. The number of carbonyl (C=O) groups excluding carboxylic acids is 2. The van der Waals surface area contributed by atoms with Crippen molar-refractivity contribution in [2.75, 3.05) is 6.54 Å². The van der Waals surface area contributed by atoms with Crippen molar-refractivity contribution in [1.82, 2.24) is 10.6 Å². The minimum Gasteiger partial charge on any atom is -0.472 e. The molecule has 0 saturated heterocycles. The third-order valence-corrected chi connectivity index (χ3v) is 2.40. The molecule has 0 atom stereocenters. The summed E-state index contributed by atoms with van der Waals surface area (Å²) in [7, 11) is 0. The summed E-state index contributed by atoms with van der Waals surface area (Å²) in [4.78, 5) is 22.5. The van der Waals surface area contributed by atoms with Crippen LogP contribution in [0.4, 0.5) is 0 Å². The van der Waals surface area contributed by atoms with Gasteiger partial charge >= 0.3 is 11.8 Å². The molecule has 0 spiro atoms. The van der Waals surface area contributed by atoms with E-state index in [-0.39, 0.29) is 6.04 Å². The van der Waals surface area contributed by atoms with Gasteiger partial charge in [0.2, 0.25) is 0 Å². The van der Waals surface area contributed by atoms with Gasteiger partial charge in [-0.3, -0.25) is 9.59 Å². The summed E-state index contributed by atoms with van der Waals surface area (Å²) >= 11 is 0. The number of amides is 2. The average molecular weight is 222 g/mol. The highest BCUT2D eigenvalue weighted by Gasteiger charge is 2.25. The van der Waals surface area contributed by atoms with Gasteiger partial charge in [0.05, 0.1) is 12.5 Å². The summed E-state index contributed by atoms with van der Waals surface area (Å²) in [5.41, 5.74) is 1.00. The van der Waals surface area contributed by atoms with Crippen LogP contribution in [-0.2, 0) is 16.0 Å². The lowest BCUT2D eigenvalue weighted by molar-refractivity contribution is -0.139. The fraction of sp³-hybridized carbons (Fsp3) is 0.455. The Morgan fingerprint density at radius 1 is 1.38 bits per heavy atom. The highest BCUT2D eigenvalue weighted by atomic mass is 16.3. The Morgan fingerprint density at radius 3 is 2.81 bits per heavy atom. The molecule has 5 heteroatoms. The first-order valence-corrected chi connectivity index (χ1v) is 5.35. The first-order valence-electron chi connectivity index (χ1n) is 5.35. The van der Waals surface area contributed by atoms with Gasteiger partial charge in [0, 0.05) is 12.6 Å². The van der Waals surface area contributed by atoms with Crippen molar-refractivity contribution in [3.63, 3.8) is 0 Å². The van der Waals surface area contributed by atoms with E-state index in [2.05, 4.69) is 10.6 Å². The molecule has 1 saturated carbocycles. The highest BCUT2D eigenvalue weighted by molar-refractivity contribution is 6.35. The number of hydrogen-bond acceptors (Lipinski definition) is 3. The van der Waals surface area contributed by atoms with Crippen molar-refractivity contribution < 1.29 is 14.0 Å². The molecular weight excluding hydrogens is 208 g/mol. The van der Waals surface area contributed by atoms with E-state index in [0.717, 1.165) is 18.4 Å². The zero-order valence-electron chi connectivity index (χ0n) is 8.86. The van der Waals surface area contributed by atoms with E-state index in [0.29, 0.717) is 13.0 Å². The second kappa shape index (κ2) is 4.83. The van der Waals surface area contributed by atoms with Crippen molar-refractivity contribution in [1.29, 1.82) is 0 Å². The van der Waals surface area contributed by atoms with Crippen LogP contribution in [0.1, 0.15) is 18.4 Å². The summed E-state index contributed by atoms with van der Waals surface area (Å²) < 4.78 is 4.89. The molecule has 0 radical (unpaired) electrons. The lowest BCUT2D eigenvalue weighted by atomic mass is 10.2. The number of carbonyl (C=O) groups is 2. The second-order valence-corrected chi connectivity index (χ2v) is 3.89. The Balaban J connectivity index is 1.64. The predicted octanol–water partition coefficient (Wildman–Crippen LogP) is 0.217.